The first-order valence-electron chi connectivity index (χ1n) is 10.9. The van der Waals surface area contributed by atoms with E-state index in [4.69, 9.17) is 0 Å². The lowest BCUT2D eigenvalue weighted by atomic mass is 9.85. The number of hydrogen-bond acceptors (Lipinski definition) is 4. The quantitative estimate of drug-likeness (QED) is 0.771. The van der Waals surface area contributed by atoms with Gasteiger partial charge >= 0.3 is 0 Å². The van der Waals surface area contributed by atoms with E-state index in [-0.39, 0.29) is 17.7 Å². The second-order valence-electron chi connectivity index (χ2n) is 8.57. The van der Waals surface area contributed by atoms with Crippen molar-refractivity contribution in [1.29, 1.82) is 0 Å². The van der Waals surface area contributed by atoms with Gasteiger partial charge in [-0.05, 0) is 49.8 Å². The highest BCUT2D eigenvalue weighted by atomic mass is 32.1. The van der Waals surface area contributed by atoms with Gasteiger partial charge in [-0.3, -0.25) is 9.59 Å². The highest BCUT2D eigenvalue weighted by molar-refractivity contribution is 7.14. The predicted molar refractivity (Wildman–Crippen MR) is 116 cm³/mol. The van der Waals surface area contributed by atoms with Gasteiger partial charge in [0.1, 0.15) is 0 Å². The predicted octanol–water partition coefficient (Wildman–Crippen LogP) is 5.02. The van der Waals surface area contributed by atoms with Crippen LogP contribution < -0.4 is 10.2 Å². The van der Waals surface area contributed by atoms with E-state index in [0.717, 1.165) is 62.0 Å². The largest absolute Gasteiger partial charge is 0.312 e. The Morgan fingerprint density at radius 3 is 2.59 bits per heavy atom. The fourth-order valence-corrected chi connectivity index (χ4v) is 5.42. The Labute approximate surface area is 175 Å². The molecule has 1 aromatic carbocycles. The zero-order chi connectivity index (χ0) is 19.8. The van der Waals surface area contributed by atoms with Crippen LogP contribution in [0.5, 0.6) is 0 Å². The Hall–Kier alpha value is -2.21. The van der Waals surface area contributed by atoms with Crippen LogP contribution >= 0.6 is 11.3 Å². The molecular formula is C23H27N3O2S. The van der Waals surface area contributed by atoms with E-state index in [0.29, 0.717) is 11.0 Å². The number of amides is 2. The Morgan fingerprint density at radius 2 is 1.83 bits per heavy atom. The van der Waals surface area contributed by atoms with Gasteiger partial charge in [-0.25, -0.2) is 4.98 Å². The Bertz CT molecular complexity index is 928. The summed E-state index contributed by atoms with van der Waals surface area (Å²) in [5.74, 6) is 0.776. The summed E-state index contributed by atoms with van der Waals surface area (Å²) in [4.78, 5) is 31.7. The number of anilines is 2. The topological polar surface area (TPSA) is 62.3 Å². The van der Waals surface area contributed by atoms with Gasteiger partial charge in [0.25, 0.3) is 0 Å². The monoisotopic (exact) mass is 409 g/mol. The SMILES string of the molecule is O=C(Nc1nc(-c2ccc3c(c2)CCN3C(=O)C2CCCCC2)cs1)C1CCC1. The number of rotatable bonds is 4. The molecule has 2 fully saturated rings. The van der Waals surface area contributed by atoms with Crippen LogP contribution in [-0.2, 0) is 16.0 Å². The molecule has 1 aliphatic heterocycles. The number of nitrogens with one attached hydrogen (secondary N) is 1. The fourth-order valence-electron chi connectivity index (χ4n) is 4.70. The summed E-state index contributed by atoms with van der Waals surface area (Å²) in [6, 6.07) is 6.29. The van der Waals surface area contributed by atoms with Gasteiger partial charge in [0, 0.05) is 35.0 Å². The molecule has 2 aromatic rings. The van der Waals surface area contributed by atoms with Crippen molar-refractivity contribution in [2.24, 2.45) is 11.8 Å². The second-order valence-corrected chi connectivity index (χ2v) is 9.43. The normalized spacial score (nSPS) is 19.7. The van der Waals surface area contributed by atoms with E-state index in [2.05, 4.69) is 28.5 Å². The van der Waals surface area contributed by atoms with Crippen LogP contribution in [0.15, 0.2) is 23.6 Å². The summed E-state index contributed by atoms with van der Waals surface area (Å²) >= 11 is 1.47. The van der Waals surface area contributed by atoms with Crippen molar-refractivity contribution in [3.63, 3.8) is 0 Å². The average molecular weight is 410 g/mol. The molecule has 0 atom stereocenters. The summed E-state index contributed by atoms with van der Waals surface area (Å²) in [5, 5.41) is 5.63. The molecule has 5 rings (SSSR count). The smallest absolute Gasteiger partial charge is 0.230 e. The molecule has 1 N–H and O–H groups in total. The van der Waals surface area contributed by atoms with E-state index < -0.39 is 0 Å². The van der Waals surface area contributed by atoms with Crippen molar-refractivity contribution >= 4 is 34.0 Å². The Kier molecular flexibility index (Phi) is 5.12. The number of hydrogen-bond donors (Lipinski definition) is 1. The summed E-state index contributed by atoms with van der Waals surface area (Å²) in [6.07, 6.45) is 9.73. The van der Waals surface area contributed by atoms with Gasteiger partial charge in [-0.15, -0.1) is 11.3 Å². The maximum absolute atomic E-state index is 13.0. The lowest BCUT2D eigenvalue weighted by Crippen LogP contribution is -2.35. The molecule has 5 nitrogen and oxygen atoms in total. The molecular weight excluding hydrogens is 382 g/mol. The van der Waals surface area contributed by atoms with E-state index >= 15 is 0 Å². The van der Waals surface area contributed by atoms with Gasteiger partial charge in [0.2, 0.25) is 11.8 Å². The minimum Gasteiger partial charge on any atom is -0.312 e. The van der Waals surface area contributed by atoms with E-state index in [1.165, 1.54) is 36.2 Å². The van der Waals surface area contributed by atoms with Crippen molar-refractivity contribution in [3.8, 4) is 11.3 Å². The number of aromatic nitrogens is 1. The van der Waals surface area contributed by atoms with Gasteiger partial charge in [-0.1, -0.05) is 31.7 Å². The molecule has 29 heavy (non-hydrogen) atoms. The van der Waals surface area contributed by atoms with Crippen LogP contribution in [0.2, 0.25) is 0 Å². The average Bonchev–Trinajstić information content (AvgIpc) is 3.33. The first-order chi connectivity index (χ1) is 14.2. The molecule has 2 saturated carbocycles. The van der Waals surface area contributed by atoms with Crippen LogP contribution in [0.1, 0.15) is 56.9 Å². The number of nitrogens with zero attached hydrogens (tertiary/aromatic N) is 2. The first-order valence-corrected chi connectivity index (χ1v) is 11.8. The van der Waals surface area contributed by atoms with E-state index in [1.807, 2.05) is 10.3 Å². The summed E-state index contributed by atoms with van der Waals surface area (Å²) < 4.78 is 0. The minimum atomic E-state index is 0.1000. The Morgan fingerprint density at radius 1 is 1.03 bits per heavy atom. The van der Waals surface area contributed by atoms with Crippen molar-refractivity contribution in [2.75, 3.05) is 16.8 Å². The molecule has 3 aliphatic rings. The number of carbonyl (C=O) groups is 2. The molecule has 152 valence electrons. The summed E-state index contributed by atoms with van der Waals surface area (Å²) in [6.45, 7) is 0.786. The van der Waals surface area contributed by atoms with Gasteiger partial charge < -0.3 is 10.2 Å². The number of fused-ring (bicyclic) bond motifs is 1. The fraction of sp³-hybridized carbons (Fsp3) is 0.522. The number of thiazole rings is 1. The second kappa shape index (κ2) is 7.90. The van der Waals surface area contributed by atoms with Crippen molar-refractivity contribution < 1.29 is 9.59 Å². The van der Waals surface area contributed by atoms with Gasteiger partial charge in [-0.2, -0.15) is 0 Å². The van der Waals surface area contributed by atoms with Crippen LogP contribution in [0.4, 0.5) is 10.8 Å². The van der Waals surface area contributed by atoms with Crippen LogP contribution in [0.3, 0.4) is 0 Å². The Balaban J connectivity index is 1.30. The third kappa shape index (κ3) is 3.70. The third-order valence-corrected chi connectivity index (χ3v) is 7.46. The van der Waals surface area contributed by atoms with Crippen LogP contribution in [0, 0.1) is 11.8 Å². The molecule has 0 saturated heterocycles. The van der Waals surface area contributed by atoms with Crippen LogP contribution in [0.25, 0.3) is 11.3 Å². The summed E-state index contributed by atoms with van der Waals surface area (Å²) in [5.41, 5.74) is 4.23. The maximum atomic E-state index is 13.0. The highest BCUT2D eigenvalue weighted by Gasteiger charge is 2.31. The van der Waals surface area contributed by atoms with Crippen molar-refractivity contribution in [2.45, 2.75) is 57.8 Å². The maximum Gasteiger partial charge on any atom is 0.230 e. The number of benzene rings is 1. The standard InChI is InChI=1S/C23H27N3O2S/c27-21(15-7-4-8-15)25-23-24-19(14-29-23)17-9-10-20-18(13-17)11-12-26(20)22(28)16-5-2-1-3-6-16/h9-10,13-16H,1-8,11-12H2,(H,24,25,27). The molecule has 0 spiro atoms. The lowest BCUT2D eigenvalue weighted by molar-refractivity contribution is -0.123. The van der Waals surface area contributed by atoms with Gasteiger partial charge in [0.05, 0.1) is 5.69 Å². The molecule has 0 bridgehead atoms. The van der Waals surface area contributed by atoms with Crippen molar-refractivity contribution in [1.82, 2.24) is 4.98 Å². The molecule has 6 heteroatoms. The van der Waals surface area contributed by atoms with Crippen LogP contribution in [-0.4, -0.2) is 23.3 Å². The van der Waals surface area contributed by atoms with Gasteiger partial charge in [0.15, 0.2) is 5.13 Å². The van der Waals surface area contributed by atoms with E-state index in [9.17, 15) is 9.59 Å². The minimum absolute atomic E-state index is 0.1000. The molecule has 1 aromatic heterocycles. The third-order valence-electron chi connectivity index (χ3n) is 6.70. The molecule has 0 unspecified atom stereocenters. The summed E-state index contributed by atoms with van der Waals surface area (Å²) in [7, 11) is 0. The van der Waals surface area contributed by atoms with Crippen molar-refractivity contribution in [3.05, 3.63) is 29.1 Å². The molecule has 2 amide bonds. The van der Waals surface area contributed by atoms with E-state index in [1.54, 1.807) is 0 Å². The zero-order valence-corrected chi connectivity index (χ0v) is 17.5. The number of carbonyl (C=O) groups excluding carboxylic acids is 2. The first kappa shape index (κ1) is 18.8. The highest BCUT2D eigenvalue weighted by Crippen LogP contribution is 2.36. The molecule has 2 aliphatic carbocycles. The lowest BCUT2D eigenvalue weighted by Gasteiger charge is -2.26. The zero-order valence-electron chi connectivity index (χ0n) is 16.7. The molecule has 0 radical (unpaired) electrons. The molecule has 2 heterocycles.